The first kappa shape index (κ1) is 12.4. The summed E-state index contributed by atoms with van der Waals surface area (Å²) in [5.41, 5.74) is 6.71. The molecule has 0 aliphatic carbocycles. The second-order valence-corrected chi connectivity index (χ2v) is 3.32. The van der Waals surface area contributed by atoms with Crippen molar-refractivity contribution in [2.75, 3.05) is 0 Å². The lowest BCUT2D eigenvalue weighted by Crippen LogP contribution is -2.16. The molecule has 1 aromatic rings. The first-order valence-electron chi connectivity index (χ1n) is 4.12. The highest BCUT2D eigenvalue weighted by Crippen LogP contribution is 2.18. The van der Waals surface area contributed by atoms with Gasteiger partial charge in [0.15, 0.2) is 0 Å². The molecule has 0 amide bonds. The quantitative estimate of drug-likeness (QED) is 0.786. The fourth-order valence-corrected chi connectivity index (χ4v) is 1.10. The van der Waals surface area contributed by atoms with Crippen LogP contribution in [0, 0.1) is 11.7 Å². The van der Waals surface area contributed by atoms with Crippen molar-refractivity contribution in [1.29, 1.82) is 0 Å². The van der Waals surface area contributed by atoms with E-state index in [1.54, 1.807) is 6.07 Å². The molecule has 1 atom stereocenters. The standard InChI is InChI=1S/C10H14FN.ClH/c1-7(2)10(12)8-4-3-5-9(11)6-8;/h3-7,10H,12H2,1-2H3;1H. The molecule has 1 unspecified atom stereocenters. The van der Waals surface area contributed by atoms with Gasteiger partial charge in [-0.3, -0.25) is 0 Å². The summed E-state index contributed by atoms with van der Waals surface area (Å²) in [5.74, 6) is 0.121. The zero-order valence-electron chi connectivity index (χ0n) is 7.83. The van der Waals surface area contributed by atoms with Gasteiger partial charge in [-0.1, -0.05) is 26.0 Å². The van der Waals surface area contributed by atoms with Crippen LogP contribution < -0.4 is 5.73 Å². The molecule has 0 aliphatic rings. The molecular weight excluding hydrogens is 189 g/mol. The lowest BCUT2D eigenvalue weighted by Gasteiger charge is -2.15. The van der Waals surface area contributed by atoms with Crippen LogP contribution in [0.2, 0.25) is 0 Å². The Labute approximate surface area is 84.5 Å². The Bertz CT molecular complexity index is 263. The second-order valence-electron chi connectivity index (χ2n) is 3.32. The third-order valence-electron chi connectivity index (χ3n) is 1.95. The third kappa shape index (κ3) is 3.33. The molecule has 0 radical (unpaired) electrons. The number of rotatable bonds is 2. The van der Waals surface area contributed by atoms with Gasteiger partial charge in [-0.2, -0.15) is 0 Å². The molecule has 0 aromatic heterocycles. The summed E-state index contributed by atoms with van der Waals surface area (Å²) in [7, 11) is 0. The van der Waals surface area contributed by atoms with E-state index in [1.165, 1.54) is 12.1 Å². The van der Waals surface area contributed by atoms with E-state index >= 15 is 0 Å². The van der Waals surface area contributed by atoms with Gasteiger partial charge in [0, 0.05) is 6.04 Å². The third-order valence-corrected chi connectivity index (χ3v) is 1.95. The zero-order valence-corrected chi connectivity index (χ0v) is 8.64. The van der Waals surface area contributed by atoms with Crippen molar-refractivity contribution in [3.05, 3.63) is 35.6 Å². The van der Waals surface area contributed by atoms with Gasteiger partial charge in [-0.25, -0.2) is 4.39 Å². The maximum absolute atomic E-state index is 12.7. The monoisotopic (exact) mass is 203 g/mol. The Kier molecular flexibility index (Phi) is 4.96. The van der Waals surface area contributed by atoms with Crippen LogP contribution in [0.5, 0.6) is 0 Å². The lowest BCUT2D eigenvalue weighted by molar-refractivity contribution is 0.510. The largest absolute Gasteiger partial charge is 0.324 e. The van der Waals surface area contributed by atoms with Gasteiger partial charge >= 0.3 is 0 Å². The van der Waals surface area contributed by atoms with Gasteiger partial charge in [-0.15, -0.1) is 12.4 Å². The molecule has 0 saturated heterocycles. The van der Waals surface area contributed by atoms with Crippen LogP contribution in [0.1, 0.15) is 25.5 Å². The van der Waals surface area contributed by atoms with Crippen LogP contribution in [0.3, 0.4) is 0 Å². The van der Waals surface area contributed by atoms with E-state index in [4.69, 9.17) is 5.73 Å². The van der Waals surface area contributed by atoms with E-state index in [-0.39, 0.29) is 24.3 Å². The van der Waals surface area contributed by atoms with Crippen LogP contribution in [-0.2, 0) is 0 Å². The van der Waals surface area contributed by atoms with Crippen LogP contribution in [0.25, 0.3) is 0 Å². The van der Waals surface area contributed by atoms with E-state index in [2.05, 4.69) is 0 Å². The highest BCUT2D eigenvalue weighted by molar-refractivity contribution is 5.85. The van der Waals surface area contributed by atoms with Crippen molar-refractivity contribution in [1.82, 2.24) is 0 Å². The predicted octanol–water partition coefficient (Wildman–Crippen LogP) is 2.90. The fourth-order valence-electron chi connectivity index (χ4n) is 1.10. The molecule has 3 heteroatoms. The van der Waals surface area contributed by atoms with Crippen molar-refractivity contribution in [2.24, 2.45) is 11.7 Å². The molecule has 0 fully saturated rings. The van der Waals surface area contributed by atoms with Crippen molar-refractivity contribution < 1.29 is 4.39 Å². The molecule has 0 bridgehead atoms. The summed E-state index contributed by atoms with van der Waals surface area (Å²) in [5, 5.41) is 0. The number of nitrogens with two attached hydrogens (primary N) is 1. The maximum atomic E-state index is 12.7. The minimum atomic E-state index is -0.219. The molecule has 0 aliphatic heterocycles. The molecule has 0 spiro atoms. The SMILES string of the molecule is CC(C)C(N)c1cccc(F)c1.Cl. The van der Waals surface area contributed by atoms with Gasteiger partial charge in [0.25, 0.3) is 0 Å². The van der Waals surface area contributed by atoms with Gasteiger partial charge in [0.2, 0.25) is 0 Å². The highest BCUT2D eigenvalue weighted by atomic mass is 35.5. The average molecular weight is 204 g/mol. The Morgan fingerprint density at radius 1 is 1.31 bits per heavy atom. The predicted molar refractivity (Wildman–Crippen MR) is 55.4 cm³/mol. The molecule has 1 nitrogen and oxygen atoms in total. The van der Waals surface area contributed by atoms with E-state index in [9.17, 15) is 4.39 Å². The lowest BCUT2D eigenvalue weighted by atomic mass is 9.97. The van der Waals surface area contributed by atoms with Crippen LogP contribution in [-0.4, -0.2) is 0 Å². The molecule has 0 heterocycles. The normalized spacial score (nSPS) is 12.4. The molecule has 0 saturated carbocycles. The van der Waals surface area contributed by atoms with E-state index in [0.717, 1.165) is 5.56 Å². The average Bonchev–Trinajstić information content (AvgIpc) is 2.03. The smallest absolute Gasteiger partial charge is 0.123 e. The summed E-state index contributed by atoms with van der Waals surface area (Å²) in [6, 6.07) is 6.39. The maximum Gasteiger partial charge on any atom is 0.123 e. The summed E-state index contributed by atoms with van der Waals surface area (Å²) < 4.78 is 12.7. The first-order chi connectivity index (χ1) is 5.61. The van der Waals surface area contributed by atoms with Crippen LogP contribution in [0.15, 0.2) is 24.3 Å². The van der Waals surface area contributed by atoms with Crippen LogP contribution >= 0.6 is 12.4 Å². The zero-order chi connectivity index (χ0) is 9.14. The second kappa shape index (κ2) is 5.20. The minimum Gasteiger partial charge on any atom is -0.324 e. The van der Waals surface area contributed by atoms with Crippen molar-refractivity contribution >= 4 is 12.4 Å². The Morgan fingerprint density at radius 3 is 2.38 bits per heavy atom. The summed E-state index contributed by atoms with van der Waals surface area (Å²) in [4.78, 5) is 0. The number of benzene rings is 1. The van der Waals surface area contributed by atoms with Gasteiger partial charge in [0.1, 0.15) is 5.82 Å². The van der Waals surface area contributed by atoms with Crippen molar-refractivity contribution in [2.45, 2.75) is 19.9 Å². The molecule has 74 valence electrons. The van der Waals surface area contributed by atoms with Crippen molar-refractivity contribution in [3.63, 3.8) is 0 Å². The number of halogens is 2. The molecule has 2 N–H and O–H groups in total. The van der Waals surface area contributed by atoms with E-state index in [0.29, 0.717) is 5.92 Å². The van der Waals surface area contributed by atoms with Gasteiger partial charge in [0.05, 0.1) is 0 Å². The van der Waals surface area contributed by atoms with Gasteiger partial charge < -0.3 is 5.73 Å². The molecule has 1 rings (SSSR count). The summed E-state index contributed by atoms with van der Waals surface area (Å²) in [6.07, 6.45) is 0. The number of hydrogen-bond donors (Lipinski definition) is 1. The van der Waals surface area contributed by atoms with Gasteiger partial charge in [-0.05, 0) is 23.6 Å². The topological polar surface area (TPSA) is 26.0 Å². The highest BCUT2D eigenvalue weighted by Gasteiger charge is 2.09. The molecular formula is C10H15ClFN. The fraction of sp³-hybridized carbons (Fsp3) is 0.400. The molecule has 13 heavy (non-hydrogen) atoms. The Hall–Kier alpha value is -0.600. The van der Waals surface area contributed by atoms with E-state index < -0.39 is 0 Å². The first-order valence-corrected chi connectivity index (χ1v) is 4.12. The summed E-state index contributed by atoms with van der Waals surface area (Å²) in [6.45, 7) is 4.05. The van der Waals surface area contributed by atoms with Crippen LogP contribution in [0.4, 0.5) is 4.39 Å². The number of hydrogen-bond acceptors (Lipinski definition) is 1. The molecule has 1 aromatic carbocycles. The Balaban J connectivity index is 0.00000144. The Morgan fingerprint density at radius 2 is 1.92 bits per heavy atom. The van der Waals surface area contributed by atoms with E-state index in [1.807, 2.05) is 19.9 Å². The minimum absolute atomic E-state index is 0. The van der Waals surface area contributed by atoms with Crippen molar-refractivity contribution in [3.8, 4) is 0 Å². The summed E-state index contributed by atoms with van der Waals surface area (Å²) >= 11 is 0.